The molecule has 0 aliphatic carbocycles. The number of carbonyl (C=O) groups excluding carboxylic acids is 1. The van der Waals surface area contributed by atoms with E-state index in [0.717, 1.165) is 28.7 Å². The van der Waals surface area contributed by atoms with Gasteiger partial charge in [0.1, 0.15) is 5.78 Å². The van der Waals surface area contributed by atoms with Crippen LogP contribution in [0, 0.1) is 0 Å². The summed E-state index contributed by atoms with van der Waals surface area (Å²) in [5, 5.41) is 10.1. The predicted molar refractivity (Wildman–Crippen MR) is 91.3 cm³/mol. The second kappa shape index (κ2) is 8.15. The third kappa shape index (κ3) is 4.45. The van der Waals surface area contributed by atoms with Crippen LogP contribution in [-0.4, -0.2) is 26.3 Å². The molecular weight excluding hydrogens is 318 g/mol. The quantitative estimate of drug-likeness (QED) is 0.411. The van der Waals surface area contributed by atoms with Crippen molar-refractivity contribution in [2.75, 3.05) is 5.75 Å². The molecule has 0 aliphatic heterocycles. The summed E-state index contributed by atoms with van der Waals surface area (Å²) in [6, 6.07) is 7.53. The largest absolute Gasteiger partial charge is 0.300 e. The molecule has 4 nitrogen and oxygen atoms in total. The smallest absolute Gasteiger partial charge is 0.191 e. The highest BCUT2D eigenvalue weighted by atomic mass is 35.5. The maximum absolute atomic E-state index is 11.0. The maximum Gasteiger partial charge on any atom is 0.191 e. The van der Waals surface area contributed by atoms with Gasteiger partial charge in [0.15, 0.2) is 11.0 Å². The lowest BCUT2D eigenvalue weighted by Gasteiger charge is -2.07. The summed E-state index contributed by atoms with van der Waals surface area (Å²) in [6.45, 7) is 6.05. The van der Waals surface area contributed by atoms with Crippen molar-refractivity contribution in [1.29, 1.82) is 0 Å². The van der Waals surface area contributed by atoms with E-state index in [9.17, 15) is 4.79 Å². The highest BCUT2D eigenvalue weighted by Gasteiger charge is 2.13. The molecule has 1 aromatic carbocycles. The number of hydrogen-bond donors (Lipinski definition) is 0. The number of carbonyl (C=O) groups is 1. The van der Waals surface area contributed by atoms with Gasteiger partial charge in [0.25, 0.3) is 0 Å². The van der Waals surface area contributed by atoms with Crippen molar-refractivity contribution >= 4 is 29.1 Å². The minimum atomic E-state index is 0.218. The number of nitrogens with zero attached hydrogens (tertiary/aromatic N) is 3. The second-order valence-corrected chi connectivity index (χ2v) is 6.36. The average Bonchev–Trinajstić information content (AvgIpc) is 2.88. The van der Waals surface area contributed by atoms with Crippen molar-refractivity contribution in [2.45, 2.75) is 31.5 Å². The number of halogens is 1. The summed E-state index contributed by atoms with van der Waals surface area (Å²) in [6.07, 6.45) is 3.27. The number of ketones is 1. The average molecular weight is 336 g/mol. The maximum atomic E-state index is 11.0. The molecule has 0 saturated heterocycles. The molecule has 0 bridgehead atoms. The number of aromatic nitrogens is 3. The fraction of sp³-hybridized carbons (Fsp3) is 0.312. The Hall–Kier alpha value is -1.59. The Labute approximate surface area is 139 Å². The van der Waals surface area contributed by atoms with Gasteiger partial charge in [-0.2, -0.15) is 0 Å². The van der Waals surface area contributed by atoms with Gasteiger partial charge in [0, 0.05) is 29.3 Å². The van der Waals surface area contributed by atoms with E-state index in [1.165, 1.54) is 0 Å². The SMILES string of the molecule is C=CCn1c(SCCCC(C)=O)nnc1-c1ccc(Cl)cc1. The molecule has 0 radical (unpaired) electrons. The van der Waals surface area contributed by atoms with Crippen LogP contribution in [-0.2, 0) is 11.3 Å². The van der Waals surface area contributed by atoms with Gasteiger partial charge in [-0.1, -0.05) is 29.4 Å². The standard InChI is InChI=1S/C16H18ClN3OS/c1-3-10-20-15(13-6-8-14(17)9-7-13)18-19-16(20)22-11-4-5-12(2)21/h3,6-9H,1,4-5,10-11H2,2H3. The molecule has 2 rings (SSSR count). The van der Waals surface area contributed by atoms with Crippen molar-refractivity contribution in [1.82, 2.24) is 14.8 Å². The first-order valence-electron chi connectivity index (χ1n) is 7.04. The van der Waals surface area contributed by atoms with Gasteiger partial charge in [-0.25, -0.2) is 0 Å². The van der Waals surface area contributed by atoms with Crippen LogP contribution in [0.4, 0.5) is 0 Å². The topological polar surface area (TPSA) is 47.8 Å². The number of Topliss-reactive ketones (excluding diaryl/α,β-unsaturated/α-hetero) is 1. The van der Waals surface area contributed by atoms with E-state index in [1.54, 1.807) is 18.7 Å². The summed E-state index contributed by atoms with van der Waals surface area (Å²) in [5.74, 6) is 1.86. The first-order valence-corrected chi connectivity index (χ1v) is 8.40. The number of allylic oxidation sites excluding steroid dienone is 1. The van der Waals surface area contributed by atoms with Crippen LogP contribution in [0.5, 0.6) is 0 Å². The monoisotopic (exact) mass is 335 g/mol. The van der Waals surface area contributed by atoms with E-state index >= 15 is 0 Å². The molecule has 116 valence electrons. The highest BCUT2D eigenvalue weighted by molar-refractivity contribution is 7.99. The molecule has 0 amide bonds. The zero-order valence-electron chi connectivity index (χ0n) is 12.5. The van der Waals surface area contributed by atoms with Crippen LogP contribution in [0.2, 0.25) is 5.02 Å². The van der Waals surface area contributed by atoms with E-state index in [1.807, 2.05) is 34.9 Å². The van der Waals surface area contributed by atoms with Crippen LogP contribution in [0.25, 0.3) is 11.4 Å². The van der Waals surface area contributed by atoms with Gasteiger partial charge in [0.2, 0.25) is 0 Å². The third-order valence-electron chi connectivity index (χ3n) is 3.04. The number of thioether (sulfide) groups is 1. The molecule has 0 fully saturated rings. The zero-order valence-corrected chi connectivity index (χ0v) is 14.0. The lowest BCUT2D eigenvalue weighted by Crippen LogP contribution is -2.01. The predicted octanol–water partition coefficient (Wildman–Crippen LogP) is 4.25. The second-order valence-electron chi connectivity index (χ2n) is 4.87. The van der Waals surface area contributed by atoms with Crippen LogP contribution in [0.15, 0.2) is 42.1 Å². The molecule has 6 heteroatoms. The highest BCUT2D eigenvalue weighted by Crippen LogP contribution is 2.25. The minimum Gasteiger partial charge on any atom is -0.300 e. The van der Waals surface area contributed by atoms with Gasteiger partial charge in [-0.05, 0) is 37.6 Å². The summed E-state index contributed by atoms with van der Waals surface area (Å²) < 4.78 is 2.02. The molecule has 1 heterocycles. The first-order chi connectivity index (χ1) is 10.6. The van der Waals surface area contributed by atoms with Crippen LogP contribution in [0.1, 0.15) is 19.8 Å². The molecule has 0 N–H and O–H groups in total. The molecule has 0 unspecified atom stereocenters. The van der Waals surface area contributed by atoms with Crippen LogP contribution in [0.3, 0.4) is 0 Å². The zero-order chi connectivity index (χ0) is 15.9. The van der Waals surface area contributed by atoms with Gasteiger partial charge in [0.05, 0.1) is 0 Å². The lowest BCUT2D eigenvalue weighted by molar-refractivity contribution is -0.117. The van der Waals surface area contributed by atoms with Crippen molar-refractivity contribution < 1.29 is 4.79 Å². The summed E-state index contributed by atoms with van der Waals surface area (Å²) in [7, 11) is 0. The summed E-state index contributed by atoms with van der Waals surface area (Å²) in [5.41, 5.74) is 0.967. The molecule has 0 atom stereocenters. The van der Waals surface area contributed by atoms with E-state index in [-0.39, 0.29) is 5.78 Å². The van der Waals surface area contributed by atoms with Crippen molar-refractivity contribution in [2.24, 2.45) is 0 Å². The fourth-order valence-electron chi connectivity index (χ4n) is 1.99. The van der Waals surface area contributed by atoms with Crippen molar-refractivity contribution in [3.05, 3.63) is 41.9 Å². The molecular formula is C16H18ClN3OS. The molecule has 1 aromatic heterocycles. The Morgan fingerprint density at radius 3 is 2.73 bits per heavy atom. The van der Waals surface area contributed by atoms with Gasteiger partial charge >= 0.3 is 0 Å². The Kier molecular flexibility index (Phi) is 6.21. The fourth-order valence-corrected chi connectivity index (χ4v) is 3.00. The van der Waals surface area contributed by atoms with E-state index in [4.69, 9.17) is 11.6 Å². The Morgan fingerprint density at radius 1 is 1.36 bits per heavy atom. The molecule has 22 heavy (non-hydrogen) atoms. The van der Waals surface area contributed by atoms with Crippen LogP contribution >= 0.6 is 23.4 Å². The number of hydrogen-bond acceptors (Lipinski definition) is 4. The van der Waals surface area contributed by atoms with Crippen molar-refractivity contribution in [3.63, 3.8) is 0 Å². The summed E-state index contributed by atoms with van der Waals surface area (Å²) >= 11 is 7.54. The molecule has 0 spiro atoms. The number of benzene rings is 1. The molecule has 2 aromatic rings. The third-order valence-corrected chi connectivity index (χ3v) is 4.34. The Balaban J connectivity index is 2.16. The Morgan fingerprint density at radius 2 is 2.09 bits per heavy atom. The summed E-state index contributed by atoms with van der Waals surface area (Å²) in [4.78, 5) is 11.0. The lowest BCUT2D eigenvalue weighted by atomic mass is 10.2. The number of rotatable bonds is 8. The van der Waals surface area contributed by atoms with E-state index < -0.39 is 0 Å². The van der Waals surface area contributed by atoms with Gasteiger partial charge in [-0.3, -0.25) is 4.57 Å². The van der Waals surface area contributed by atoms with Gasteiger partial charge < -0.3 is 4.79 Å². The minimum absolute atomic E-state index is 0.218. The molecule has 0 saturated carbocycles. The van der Waals surface area contributed by atoms with E-state index in [0.29, 0.717) is 18.0 Å². The first kappa shape index (κ1) is 16.8. The van der Waals surface area contributed by atoms with E-state index in [2.05, 4.69) is 16.8 Å². The Bertz CT molecular complexity index is 652. The van der Waals surface area contributed by atoms with Gasteiger partial charge in [-0.15, -0.1) is 16.8 Å². The van der Waals surface area contributed by atoms with Crippen LogP contribution < -0.4 is 0 Å². The van der Waals surface area contributed by atoms with Crippen molar-refractivity contribution in [3.8, 4) is 11.4 Å². The normalized spacial score (nSPS) is 10.6. The molecule has 0 aliphatic rings.